The third-order valence-corrected chi connectivity index (χ3v) is 2.98. The normalized spacial score (nSPS) is 10.3. The van der Waals surface area contributed by atoms with Crippen LogP contribution < -0.4 is 5.32 Å². The second-order valence-electron chi connectivity index (χ2n) is 4.11. The number of aryl methyl sites for hydroxylation is 1. The van der Waals surface area contributed by atoms with Crippen LogP contribution in [0.25, 0.3) is 0 Å². The van der Waals surface area contributed by atoms with Gasteiger partial charge in [0.25, 0.3) is 5.91 Å². The molecular weight excluding hydrogens is 267 g/mol. The lowest BCUT2D eigenvalue weighted by molar-refractivity contribution is 0.0947. The van der Waals surface area contributed by atoms with E-state index < -0.39 is 11.7 Å². The van der Waals surface area contributed by atoms with E-state index in [-0.39, 0.29) is 5.56 Å². The van der Waals surface area contributed by atoms with Gasteiger partial charge in [-0.2, -0.15) is 0 Å². The molecule has 1 aromatic heterocycles. The van der Waals surface area contributed by atoms with Crippen molar-refractivity contribution in [1.29, 1.82) is 0 Å². The summed E-state index contributed by atoms with van der Waals surface area (Å²) in [5.74, 6) is -1.08. The first-order valence-electron chi connectivity index (χ1n) is 5.70. The fraction of sp³-hybridized carbons (Fsp3) is 0.143. The van der Waals surface area contributed by atoms with Gasteiger partial charge in [0.05, 0.1) is 5.56 Å². The van der Waals surface area contributed by atoms with E-state index in [9.17, 15) is 9.18 Å². The van der Waals surface area contributed by atoms with Crippen LogP contribution in [0.2, 0.25) is 5.02 Å². The van der Waals surface area contributed by atoms with Gasteiger partial charge in [-0.1, -0.05) is 11.6 Å². The molecule has 1 heterocycles. The molecule has 5 heteroatoms. The van der Waals surface area contributed by atoms with E-state index in [0.29, 0.717) is 11.6 Å². The number of nitrogens with one attached hydrogen (secondary N) is 1. The molecule has 2 rings (SSSR count). The molecule has 0 bridgehead atoms. The Morgan fingerprint density at radius 1 is 1.42 bits per heavy atom. The Labute approximate surface area is 115 Å². The summed E-state index contributed by atoms with van der Waals surface area (Å²) in [4.78, 5) is 15.8. The molecular formula is C14H12ClFN2O. The second-order valence-corrected chi connectivity index (χ2v) is 4.55. The van der Waals surface area contributed by atoms with Crippen LogP contribution in [0.15, 0.2) is 36.7 Å². The minimum absolute atomic E-state index is 0.0563. The molecule has 1 amide bonds. The van der Waals surface area contributed by atoms with Gasteiger partial charge in [0.2, 0.25) is 0 Å². The molecule has 19 heavy (non-hydrogen) atoms. The van der Waals surface area contributed by atoms with Crippen LogP contribution in [0.4, 0.5) is 4.39 Å². The molecule has 0 unspecified atom stereocenters. The van der Waals surface area contributed by atoms with Crippen LogP contribution >= 0.6 is 11.6 Å². The van der Waals surface area contributed by atoms with Gasteiger partial charge in [0.15, 0.2) is 0 Å². The molecule has 0 radical (unpaired) electrons. The first-order chi connectivity index (χ1) is 9.08. The topological polar surface area (TPSA) is 42.0 Å². The third-order valence-electron chi connectivity index (χ3n) is 2.75. The molecule has 0 saturated heterocycles. The Morgan fingerprint density at radius 3 is 2.95 bits per heavy atom. The van der Waals surface area contributed by atoms with Crippen LogP contribution in [-0.2, 0) is 6.54 Å². The summed E-state index contributed by atoms with van der Waals surface area (Å²) >= 11 is 5.75. The fourth-order valence-electron chi connectivity index (χ4n) is 1.64. The average molecular weight is 279 g/mol. The molecule has 1 N–H and O–H groups in total. The summed E-state index contributed by atoms with van der Waals surface area (Å²) in [7, 11) is 0. The number of carbonyl (C=O) groups excluding carboxylic acids is 1. The average Bonchev–Trinajstić information content (AvgIpc) is 2.40. The van der Waals surface area contributed by atoms with Gasteiger partial charge in [-0.25, -0.2) is 4.39 Å². The third kappa shape index (κ3) is 3.29. The Balaban J connectivity index is 2.10. The zero-order valence-electron chi connectivity index (χ0n) is 10.3. The van der Waals surface area contributed by atoms with Crippen molar-refractivity contribution < 1.29 is 9.18 Å². The summed E-state index contributed by atoms with van der Waals surface area (Å²) in [6, 6.07) is 5.70. The Bertz CT molecular complexity index is 616. The van der Waals surface area contributed by atoms with Gasteiger partial charge in [0, 0.05) is 24.0 Å². The molecule has 0 fully saturated rings. The molecule has 0 aliphatic heterocycles. The summed E-state index contributed by atoms with van der Waals surface area (Å²) in [6.45, 7) is 2.22. The van der Waals surface area contributed by atoms with Gasteiger partial charge in [-0.15, -0.1) is 0 Å². The van der Waals surface area contributed by atoms with Crippen molar-refractivity contribution >= 4 is 17.5 Å². The number of halogens is 2. The molecule has 1 aromatic carbocycles. The zero-order valence-corrected chi connectivity index (χ0v) is 11.0. The maximum atomic E-state index is 13.5. The van der Waals surface area contributed by atoms with Crippen molar-refractivity contribution in [2.75, 3.05) is 0 Å². The summed E-state index contributed by atoms with van der Waals surface area (Å²) in [5.41, 5.74) is 1.85. The maximum Gasteiger partial charge on any atom is 0.254 e. The second kappa shape index (κ2) is 5.80. The smallest absolute Gasteiger partial charge is 0.254 e. The van der Waals surface area contributed by atoms with E-state index in [1.54, 1.807) is 12.4 Å². The van der Waals surface area contributed by atoms with Gasteiger partial charge >= 0.3 is 0 Å². The van der Waals surface area contributed by atoms with Crippen LogP contribution in [0, 0.1) is 12.7 Å². The number of nitrogens with zero attached hydrogens (tertiary/aromatic N) is 1. The van der Waals surface area contributed by atoms with Gasteiger partial charge < -0.3 is 5.32 Å². The SMILES string of the molecule is Cc1cnccc1CNC(=O)c1cc(Cl)ccc1F. The molecule has 3 nitrogen and oxygen atoms in total. The highest BCUT2D eigenvalue weighted by molar-refractivity contribution is 6.30. The predicted molar refractivity (Wildman–Crippen MR) is 71.6 cm³/mol. The van der Waals surface area contributed by atoms with Crippen LogP contribution in [0.1, 0.15) is 21.5 Å². The highest BCUT2D eigenvalue weighted by atomic mass is 35.5. The van der Waals surface area contributed by atoms with Crippen LogP contribution in [0.5, 0.6) is 0 Å². The quantitative estimate of drug-likeness (QED) is 0.937. The standard InChI is InChI=1S/C14H12ClFN2O/c1-9-7-17-5-4-10(9)8-18-14(19)12-6-11(15)2-3-13(12)16/h2-7H,8H2,1H3,(H,18,19). The number of benzene rings is 1. The highest BCUT2D eigenvalue weighted by Crippen LogP contribution is 2.15. The van der Waals surface area contributed by atoms with Crippen molar-refractivity contribution in [3.05, 3.63) is 64.2 Å². The van der Waals surface area contributed by atoms with Crippen LogP contribution in [0.3, 0.4) is 0 Å². The van der Waals surface area contributed by atoms with Crippen LogP contribution in [-0.4, -0.2) is 10.9 Å². The van der Waals surface area contributed by atoms with Gasteiger partial charge in [0.1, 0.15) is 5.82 Å². The van der Waals surface area contributed by atoms with Gasteiger partial charge in [-0.05, 0) is 42.3 Å². The predicted octanol–water partition coefficient (Wildman–Crippen LogP) is 3.11. The van der Waals surface area contributed by atoms with E-state index in [4.69, 9.17) is 11.6 Å². The molecule has 0 spiro atoms. The maximum absolute atomic E-state index is 13.5. The Hall–Kier alpha value is -1.94. The molecule has 0 aliphatic carbocycles. The number of aromatic nitrogens is 1. The fourth-order valence-corrected chi connectivity index (χ4v) is 1.81. The Kier molecular flexibility index (Phi) is 4.12. The Morgan fingerprint density at radius 2 is 2.21 bits per heavy atom. The monoisotopic (exact) mass is 278 g/mol. The van der Waals surface area contributed by atoms with Crippen molar-refractivity contribution in [2.45, 2.75) is 13.5 Å². The molecule has 98 valence electrons. The van der Waals surface area contributed by atoms with Gasteiger partial charge in [-0.3, -0.25) is 9.78 Å². The molecule has 2 aromatic rings. The summed E-state index contributed by atoms with van der Waals surface area (Å²) < 4.78 is 13.5. The number of pyridine rings is 1. The highest BCUT2D eigenvalue weighted by Gasteiger charge is 2.12. The minimum Gasteiger partial charge on any atom is -0.348 e. The zero-order chi connectivity index (χ0) is 13.8. The van der Waals surface area contributed by atoms with Crippen molar-refractivity contribution in [3.8, 4) is 0 Å². The lowest BCUT2D eigenvalue weighted by Gasteiger charge is -2.08. The number of hydrogen-bond acceptors (Lipinski definition) is 2. The number of amides is 1. The first-order valence-corrected chi connectivity index (χ1v) is 6.08. The first kappa shape index (κ1) is 13.5. The van der Waals surface area contributed by atoms with E-state index in [0.717, 1.165) is 11.1 Å². The molecule has 0 saturated carbocycles. The summed E-state index contributed by atoms with van der Waals surface area (Å²) in [5, 5.41) is 2.98. The van der Waals surface area contributed by atoms with E-state index >= 15 is 0 Å². The molecule has 0 atom stereocenters. The largest absolute Gasteiger partial charge is 0.348 e. The van der Waals surface area contributed by atoms with Crippen molar-refractivity contribution in [2.24, 2.45) is 0 Å². The van der Waals surface area contributed by atoms with E-state index in [1.807, 2.05) is 13.0 Å². The minimum atomic E-state index is -0.589. The van der Waals surface area contributed by atoms with E-state index in [2.05, 4.69) is 10.3 Å². The number of rotatable bonds is 3. The summed E-state index contributed by atoms with van der Waals surface area (Å²) in [6.07, 6.45) is 3.36. The molecule has 0 aliphatic rings. The van der Waals surface area contributed by atoms with Crippen molar-refractivity contribution in [3.63, 3.8) is 0 Å². The number of hydrogen-bond donors (Lipinski definition) is 1. The lowest BCUT2D eigenvalue weighted by atomic mass is 10.1. The van der Waals surface area contributed by atoms with Crippen molar-refractivity contribution in [1.82, 2.24) is 10.3 Å². The lowest BCUT2D eigenvalue weighted by Crippen LogP contribution is -2.24. The van der Waals surface area contributed by atoms with E-state index in [1.165, 1.54) is 18.2 Å². The number of carbonyl (C=O) groups is 1.